The maximum Gasteiger partial charge on any atom is 0.291 e. The van der Waals surface area contributed by atoms with E-state index in [1.54, 1.807) is 18.2 Å². The molecule has 0 radical (unpaired) electrons. The number of rotatable bonds is 6. The average molecular weight is 340 g/mol. The van der Waals surface area contributed by atoms with Crippen molar-refractivity contribution in [3.63, 3.8) is 0 Å². The summed E-state index contributed by atoms with van der Waals surface area (Å²) < 4.78 is 14.9. The average Bonchev–Trinajstić information content (AvgIpc) is 3.10. The molecule has 0 aliphatic rings. The lowest BCUT2D eigenvalue weighted by molar-refractivity contribution is 0.0938. The van der Waals surface area contributed by atoms with Gasteiger partial charge in [-0.25, -0.2) is 14.1 Å². The van der Waals surface area contributed by atoms with Crippen LogP contribution in [0.25, 0.3) is 0 Å². The van der Waals surface area contributed by atoms with Crippen LogP contribution in [0.4, 0.5) is 4.39 Å². The van der Waals surface area contributed by atoms with Crippen molar-refractivity contribution in [1.29, 1.82) is 0 Å². The number of aliphatic hydroxyl groups is 1. The first-order valence-electron chi connectivity index (χ1n) is 7.77. The molecule has 7 heteroatoms. The molecule has 1 atom stereocenters. The zero-order chi connectivity index (χ0) is 17.6. The van der Waals surface area contributed by atoms with Crippen molar-refractivity contribution in [3.05, 3.63) is 83.7 Å². The number of nitrogens with one attached hydrogen (secondary N) is 1. The third kappa shape index (κ3) is 4.27. The zero-order valence-corrected chi connectivity index (χ0v) is 13.3. The Balaban J connectivity index is 1.59. The number of halogens is 1. The first-order valence-corrected chi connectivity index (χ1v) is 7.77. The predicted molar refractivity (Wildman–Crippen MR) is 89.0 cm³/mol. The SMILES string of the molecule is O=C(NCc1ccccc1F)c1ncn(CC(O)c2ccccc2)n1. The number of carbonyl (C=O) groups excluding carboxylic acids is 1. The predicted octanol–water partition coefficient (Wildman–Crippen LogP) is 2.08. The Bertz CT molecular complexity index is 851. The normalized spacial score (nSPS) is 11.9. The number of carbonyl (C=O) groups is 1. The van der Waals surface area contributed by atoms with Gasteiger partial charge >= 0.3 is 0 Å². The van der Waals surface area contributed by atoms with Crippen molar-refractivity contribution >= 4 is 5.91 Å². The van der Waals surface area contributed by atoms with E-state index in [1.165, 1.54) is 17.1 Å². The fraction of sp³-hybridized carbons (Fsp3) is 0.167. The van der Waals surface area contributed by atoms with E-state index >= 15 is 0 Å². The van der Waals surface area contributed by atoms with Gasteiger partial charge in [0.25, 0.3) is 5.91 Å². The molecule has 128 valence electrons. The van der Waals surface area contributed by atoms with E-state index in [9.17, 15) is 14.3 Å². The molecule has 2 aromatic carbocycles. The molecule has 6 nitrogen and oxygen atoms in total. The van der Waals surface area contributed by atoms with Crippen LogP contribution >= 0.6 is 0 Å². The monoisotopic (exact) mass is 340 g/mol. The minimum atomic E-state index is -0.753. The molecule has 0 aliphatic carbocycles. The fourth-order valence-electron chi connectivity index (χ4n) is 2.34. The van der Waals surface area contributed by atoms with Gasteiger partial charge in [-0.2, -0.15) is 0 Å². The van der Waals surface area contributed by atoms with E-state index in [2.05, 4.69) is 15.4 Å². The Morgan fingerprint density at radius 2 is 1.88 bits per heavy atom. The van der Waals surface area contributed by atoms with Gasteiger partial charge in [0.1, 0.15) is 12.1 Å². The molecule has 1 heterocycles. The summed E-state index contributed by atoms with van der Waals surface area (Å²) in [6, 6.07) is 15.4. The Morgan fingerprint density at radius 3 is 2.64 bits per heavy atom. The topological polar surface area (TPSA) is 80.0 Å². The molecule has 0 aliphatic heterocycles. The number of benzene rings is 2. The van der Waals surface area contributed by atoms with Crippen LogP contribution in [0.3, 0.4) is 0 Å². The van der Waals surface area contributed by atoms with E-state index in [-0.39, 0.29) is 24.7 Å². The van der Waals surface area contributed by atoms with Crippen LogP contribution in [-0.4, -0.2) is 25.8 Å². The second-order valence-corrected chi connectivity index (χ2v) is 5.49. The molecular formula is C18H17FN4O2. The molecule has 1 aromatic heterocycles. The summed E-state index contributed by atoms with van der Waals surface area (Å²) in [7, 11) is 0. The summed E-state index contributed by atoms with van der Waals surface area (Å²) >= 11 is 0. The molecule has 0 saturated heterocycles. The minimum absolute atomic E-state index is 0.0309. The van der Waals surface area contributed by atoms with Crippen molar-refractivity contribution in [2.45, 2.75) is 19.2 Å². The molecule has 0 fully saturated rings. The van der Waals surface area contributed by atoms with Gasteiger partial charge in [0, 0.05) is 12.1 Å². The number of hydrogen-bond acceptors (Lipinski definition) is 4. The van der Waals surface area contributed by atoms with E-state index in [0.29, 0.717) is 5.56 Å². The highest BCUT2D eigenvalue weighted by molar-refractivity contribution is 5.90. The number of nitrogens with zero attached hydrogens (tertiary/aromatic N) is 3. The van der Waals surface area contributed by atoms with E-state index < -0.39 is 12.0 Å². The second kappa shape index (κ2) is 7.67. The molecule has 3 aromatic rings. The third-order valence-electron chi connectivity index (χ3n) is 3.68. The lowest BCUT2D eigenvalue weighted by Gasteiger charge is -2.10. The molecule has 2 N–H and O–H groups in total. The lowest BCUT2D eigenvalue weighted by atomic mass is 10.1. The highest BCUT2D eigenvalue weighted by Crippen LogP contribution is 2.13. The molecule has 1 amide bonds. The molecule has 0 bridgehead atoms. The fourth-order valence-corrected chi connectivity index (χ4v) is 2.34. The molecule has 0 saturated carbocycles. The maximum absolute atomic E-state index is 13.5. The van der Waals surface area contributed by atoms with Crippen LogP contribution in [0.5, 0.6) is 0 Å². The van der Waals surface area contributed by atoms with Gasteiger partial charge in [-0.15, -0.1) is 5.10 Å². The zero-order valence-electron chi connectivity index (χ0n) is 13.3. The molecule has 3 rings (SSSR count). The van der Waals surface area contributed by atoms with Crippen LogP contribution < -0.4 is 5.32 Å². The van der Waals surface area contributed by atoms with Crippen molar-refractivity contribution in [1.82, 2.24) is 20.1 Å². The largest absolute Gasteiger partial charge is 0.386 e. The van der Waals surface area contributed by atoms with Crippen molar-refractivity contribution in [2.75, 3.05) is 0 Å². The summed E-state index contributed by atoms with van der Waals surface area (Å²) in [6.07, 6.45) is 0.627. The molecular weight excluding hydrogens is 323 g/mol. The standard InChI is InChI=1S/C18H17FN4O2/c19-15-9-5-4-8-14(15)10-20-18(25)17-21-12-23(22-17)11-16(24)13-6-2-1-3-7-13/h1-9,12,16,24H,10-11H2,(H,20,25). The van der Waals surface area contributed by atoms with Crippen molar-refractivity contribution in [3.8, 4) is 0 Å². The summed E-state index contributed by atoms with van der Waals surface area (Å²) in [5.41, 5.74) is 1.14. The van der Waals surface area contributed by atoms with Crippen LogP contribution in [0.15, 0.2) is 60.9 Å². The van der Waals surface area contributed by atoms with Crippen molar-refractivity contribution < 1.29 is 14.3 Å². The minimum Gasteiger partial charge on any atom is -0.386 e. The third-order valence-corrected chi connectivity index (χ3v) is 3.68. The number of amides is 1. The summed E-state index contributed by atoms with van der Waals surface area (Å²) in [4.78, 5) is 16.0. The Kier molecular flexibility index (Phi) is 5.15. The van der Waals surface area contributed by atoms with Crippen LogP contribution in [-0.2, 0) is 13.1 Å². The van der Waals surface area contributed by atoms with Crippen molar-refractivity contribution in [2.24, 2.45) is 0 Å². The molecule has 25 heavy (non-hydrogen) atoms. The maximum atomic E-state index is 13.5. The van der Waals surface area contributed by atoms with Gasteiger partial charge < -0.3 is 10.4 Å². The van der Waals surface area contributed by atoms with Gasteiger partial charge in [0.05, 0.1) is 12.6 Å². The summed E-state index contributed by atoms with van der Waals surface area (Å²) in [5, 5.41) is 16.8. The van der Waals surface area contributed by atoms with Gasteiger partial charge in [-0.05, 0) is 11.6 Å². The highest BCUT2D eigenvalue weighted by Gasteiger charge is 2.14. The molecule has 1 unspecified atom stereocenters. The number of aliphatic hydroxyl groups excluding tert-OH is 1. The first kappa shape index (κ1) is 16.8. The lowest BCUT2D eigenvalue weighted by Crippen LogP contribution is -2.24. The van der Waals surface area contributed by atoms with E-state index in [0.717, 1.165) is 5.56 Å². The van der Waals surface area contributed by atoms with E-state index in [4.69, 9.17) is 0 Å². The van der Waals surface area contributed by atoms with Crippen LogP contribution in [0, 0.1) is 5.82 Å². The number of hydrogen-bond donors (Lipinski definition) is 2. The van der Waals surface area contributed by atoms with Gasteiger partial charge in [0.15, 0.2) is 0 Å². The number of aromatic nitrogens is 3. The smallest absolute Gasteiger partial charge is 0.291 e. The Labute approximate surface area is 144 Å². The van der Waals surface area contributed by atoms with Crippen LogP contribution in [0.1, 0.15) is 27.8 Å². The van der Waals surface area contributed by atoms with Crippen LogP contribution in [0.2, 0.25) is 0 Å². The Hall–Kier alpha value is -3.06. The summed E-state index contributed by atoms with van der Waals surface area (Å²) in [5.74, 6) is -0.917. The first-order chi connectivity index (χ1) is 12.1. The highest BCUT2D eigenvalue weighted by atomic mass is 19.1. The Morgan fingerprint density at radius 1 is 1.16 bits per heavy atom. The van der Waals surface area contributed by atoms with Gasteiger partial charge in [-0.3, -0.25) is 4.79 Å². The van der Waals surface area contributed by atoms with E-state index in [1.807, 2.05) is 30.3 Å². The van der Waals surface area contributed by atoms with Gasteiger partial charge in [-0.1, -0.05) is 48.5 Å². The van der Waals surface area contributed by atoms with Gasteiger partial charge in [0.2, 0.25) is 5.82 Å². The molecule has 0 spiro atoms. The quantitative estimate of drug-likeness (QED) is 0.720. The second-order valence-electron chi connectivity index (χ2n) is 5.49. The summed E-state index contributed by atoms with van der Waals surface area (Å²) in [6.45, 7) is 0.226.